The number of benzene rings is 1. The molecule has 5 atom stereocenters. The van der Waals surface area contributed by atoms with Gasteiger partial charge in [-0.05, 0) is 83.9 Å². The Hall–Kier alpha value is -4.18. The molecule has 1 saturated carbocycles. The summed E-state index contributed by atoms with van der Waals surface area (Å²) < 4.78 is 42.5. The molecule has 2 fully saturated rings. The van der Waals surface area contributed by atoms with Crippen LogP contribution < -0.4 is 20.1 Å². The van der Waals surface area contributed by atoms with E-state index >= 15 is 0 Å². The number of aromatic nitrogens is 2. The highest BCUT2D eigenvalue weighted by atomic mass is 32.2. The van der Waals surface area contributed by atoms with Crippen molar-refractivity contribution >= 4 is 45.1 Å². The summed E-state index contributed by atoms with van der Waals surface area (Å²) in [6, 6.07) is 4.35. The first-order valence-electron chi connectivity index (χ1n) is 18.9. The summed E-state index contributed by atoms with van der Waals surface area (Å²) in [6.45, 7) is 13.5. The number of rotatable bonds is 8. The largest absolute Gasteiger partial charge is 0.459 e. The van der Waals surface area contributed by atoms with Crippen LogP contribution in [0, 0.1) is 5.92 Å². The molecule has 0 spiro atoms. The standard InChI is InChI=1S/C38H57N7O8S/c1-23(2)25-17-18-30-29(19-25)39-35(45(30)24(3)4)52-27-20-31-32(46)41-38(34(48)42-54(50,51)43(8)9)21-26(38)15-13-11-10-12-14-16-28(33(47)44(31)22-27)40-36(49)53-37(5,6)7/h13,15,17-19,23-24,26-28,31H,10-12,14,16,20-22H2,1-9H3,(H,40,49)(H,41,46)(H,42,48)/b15-13-/t26?,27-,28+,31+,38-/m1/s1. The van der Waals surface area contributed by atoms with Gasteiger partial charge < -0.3 is 25.0 Å². The van der Waals surface area contributed by atoms with E-state index in [1.54, 1.807) is 20.8 Å². The molecule has 3 heterocycles. The Morgan fingerprint density at radius 2 is 1.81 bits per heavy atom. The second kappa shape index (κ2) is 15.9. The second-order valence-electron chi connectivity index (χ2n) is 16.5. The first kappa shape index (κ1) is 41.0. The van der Waals surface area contributed by atoms with Crippen molar-refractivity contribution in [3.8, 4) is 6.01 Å². The fourth-order valence-electron chi connectivity index (χ4n) is 7.10. The molecule has 3 aliphatic rings. The quantitative estimate of drug-likeness (QED) is 0.330. The fourth-order valence-corrected chi connectivity index (χ4v) is 7.70. The van der Waals surface area contributed by atoms with E-state index in [0.29, 0.717) is 31.2 Å². The molecule has 1 aromatic carbocycles. The number of allylic oxidation sites excluding steroid dienone is 1. The molecule has 1 aliphatic carbocycles. The Balaban J connectivity index is 1.50. The molecule has 16 heteroatoms. The van der Waals surface area contributed by atoms with Crippen molar-refractivity contribution in [2.45, 2.75) is 135 Å². The van der Waals surface area contributed by atoms with Crippen molar-refractivity contribution in [2.75, 3.05) is 20.6 Å². The zero-order valence-corrected chi connectivity index (χ0v) is 33.8. The number of nitrogens with one attached hydrogen (secondary N) is 3. The summed E-state index contributed by atoms with van der Waals surface area (Å²) in [5, 5.41) is 5.62. The van der Waals surface area contributed by atoms with Gasteiger partial charge in [-0.3, -0.25) is 19.0 Å². The Kier molecular flexibility index (Phi) is 12.1. The topological polar surface area (TPSA) is 181 Å². The number of hydrogen-bond acceptors (Lipinski definition) is 9. The summed E-state index contributed by atoms with van der Waals surface area (Å²) in [4.78, 5) is 61.9. The number of imidazole rings is 1. The van der Waals surface area contributed by atoms with Crippen LogP contribution in [-0.4, -0.2) is 101 Å². The van der Waals surface area contributed by atoms with Gasteiger partial charge in [0.15, 0.2) is 0 Å². The molecule has 1 saturated heterocycles. The minimum atomic E-state index is -4.16. The molecule has 54 heavy (non-hydrogen) atoms. The number of nitrogens with zero attached hydrogens (tertiary/aromatic N) is 4. The highest BCUT2D eigenvalue weighted by Crippen LogP contribution is 2.46. The van der Waals surface area contributed by atoms with E-state index in [-0.39, 0.29) is 25.4 Å². The molecule has 1 aromatic heterocycles. The lowest BCUT2D eigenvalue weighted by Crippen LogP contribution is -2.58. The van der Waals surface area contributed by atoms with Crippen molar-refractivity contribution in [1.82, 2.24) is 34.1 Å². The lowest BCUT2D eigenvalue weighted by molar-refractivity contribution is -0.141. The summed E-state index contributed by atoms with van der Waals surface area (Å²) in [5.41, 5.74) is 0.438. The molecule has 2 aromatic rings. The van der Waals surface area contributed by atoms with Gasteiger partial charge in [0.05, 0.1) is 17.6 Å². The molecule has 1 unspecified atom stereocenters. The van der Waals surface area contributed by atoms with Gasteiger partial charge in [0.25, 0.3) is 11.9 Å². The highest BCUT2D eigenvalue weighted by Gasteiger charge is 2.61. The number of ether oxygens (including phenoxy) is 2. The molecule has 15 nitrogen and oxygen atoms in total. The van der Waals surface area contributed by atoms with Crippen molar-refractivity contribution in [1.29, 1.82) is 0 Å². The molecule has 2 aliphatic heterocycles. The minimum Gasteiger partial charge on any atom is -0.459 e. The SMILES string of the molecule is CC(C)c1ccc2c(c1)nc(O[C@@H]1C[C@H]3C(=O)N[C@]4(C(=O)NS(=O)(=O)N(C)C)CC4/C=C\CCCCC[C@H](NC(=O)OC(C)(C)C)C(=O)N3C1)n2C(C)C. The maximum absolute atomic E-state index is 14.5. The van der Waals surface area contributed by atoms with Crippen LogP contribution in [0.3, 0.4) is 0 Å². The van der Waals surface area contributed by atoms with Crippen molar-refractivity contribution in [2.24, 2.45) is 5.92 Å². The van der Waals surface area contributed by atoms with E-state index in [2.05, 4.69) is 35.3 Å². The Morgan fingerprint density at radius 3 is 2.46 bits per heavy atom. The minimum absolute atomic E-state index is 0.000497. The molecular weight excluding hydrogens is 715 g/mol. The van der Waals surface area contributed by atoms with Gasteiger partial charge in [0.1, 0.15) is 29.3 Å². The van der Waals surface area contributed by atoms with Crippen LogP contribution in [0.25, 0.3) is 11.0 Å². The molecule has 3 N–H and O–H groups in total. The summed E-state index contributed by atoms with van der Waals surface area (Å²) >= 11 is 0. The van der Waals surface area contributed by atoms with Crippen molar-refractivity contribution < 1.29 is 37.1 Å². The van der Waals surface area contributed by atoms with Gasteiger partial charge in [-0.25, -0.2) is 9.52 Å². The average molecular weight is 772 g/mol. The van der Waals surface area contributed by atoms with Crippen LogP contribution in [0.4, 0.5) is 4.79 Å². The predicted molar refractivity (Wildman–Crippen MR) is 204 cm³/mol. The molecule has 0 radical (unpaired) electrons. The van der Waals surface area contributed by atoms with Crippen LogP contribution in [-0.2, 0) is 29.3 Å². The molecule has 4 amide bonds. The van der Waals surface area contributed by atoms with E-state index < -0.39 is 69.3 Å². The van der Waals surface area contributed by atoms with E-state index in [9.17, 15) is 27.6 Å². The van der Waals surface area contributed by atoms with Crippen LogP contribution >= 0.6 is 0 Å². The zero-order valence-electron chi connectivity index (χ0n) is 33.0. The summed E-state index contributed by atoms with van der Waals surface area (Å²) in [7, 11) is -1.56. The molecular formula is C38H57N7O8S. The first-order valence-corrected chi connectivity index (χ1v) is 20.4. The van der Waals surface area contributed by atoms with Gasteiger partial charge in [0, 0.05) is 32.5 Å². The van der Waals surface area contributed by atoms with E-state index in [1.807, 2.05) is 42.7 Å². The van der Waals surface area contributed by atoms with Gasteiger partial charge in [-0.2, -0.15) is 17.7 Å². The van der Waals surface area contributed by atoms with Crippen LogP contribution in [0.15, 0.2) is 30.4 Å². The lowest BCUT2D eigenvalue weighted by atomic mass is 10.0. The van der Waals surface area contributed by atoms with Gasteiger partial charge in [0.2, 0.25) is 11.8 Å². The summed E-state index contributed by atoms with van der Waals surface area (Å²) in [6.07, 6.45) is 5.77. The van der Waals surface area contributed by atoms with Crippen LogP contribution in [0.1, 0.15) is 111 Å². The second-order valence-corrected chi connectivity index (χ2v) is 18.4. The monoisotopic (exact) mass is 771 g/mol. The highest BCUT2D eigenvalue weighted by molar-refractivity contribution is 7.87. The number of alkyl carbamates (subject to hydrolysis) is 1. The van der Waals surface area contributed by atoms with Crippen LogP contribution in [0.2, 0.25) is 0 Å². The summed E-state index contributed by atoms with van der Waals surface area (Å²) in [5.74, 6) is -2.14. The number of carbonyl (C=O) groups is 4. The number of fused-ring (bicyclic) bond motifs is 3. The number of hydrogen-bond donors (Lipinski definition) is 3. The maximum atomic E-state index is 14.5. The normalized spacial score (nSPS) is 26.1. The van der Waals surface area contributed by atoms with E-state index in [0.717, 1.165) is 33.7 Å². The van der Waals surface area contributed by atoms with Gasteiger partial charge in [-0.15, -0.1) is 0 Å². The maximum Gasteiger partial charge on any atom is 0.408 e. The molecule has 0 bridgehead atoms. The zero-order chi connectivity index (χ0) is 39.7. The lowest BCUT2D eigenvalue weighted by Gasteiger charge is -2.30. The molecule has 298 valence electrons. The third-order valence-corrected chi connectivity index (χ3v) is 11.6. The van der Waals surface area contributed by atoms with E-state index in [4.69, 9.17) is 14.5 Å². The Morgan fingerprint density at radius 1 is 1.09 bits per heavy atom. The number of carbonyl (C=O) groups excluding carboxylic acids is 4. The smallest absolute Gasteiger partial charge is 0.408 e. The fraction of sp³-hybridized carbons (Fsp3) is 0.658. The number of amides is 4. The molecule has 5 rings (SSSR count). The Bertz CT molecular complexity index is 1880. The third kappa shape index (κ3) is 9.19. The first-order chi connectivity index (χ1) is 25.2. The predicted octanol–water partition coefficient (Wildman–Crippen LogP) is 4.30. The van der Waals surface area contributed by atoms with Crippen molar-refractivity contribution in [3.05, 3.63) is 35.9 Å². The van der Waals surface area contributed by atoms with Crippen molar-refractivity contribution in [3.63, 3.8) is 0 Å². The van der Waals surface area contributed by atoms with Gasteiger partial charge >= 0.3 is 16.3 Å². The third-order valence-electron chi connectivity index (χ3n) is 10.2. The van der Waals surface area contributed by atoms with Gasteiger partial charge in [-0.1, -0.05) is 44.9 Å². The average Bonchev–Trinajstić information content (AvgIpc) is 3.39. The van der Waals surface area contributed by atoms with Crippen LogP contribution in [0.5, 0.6) is 6.01 Å². The Labute approximate surface area is 318 Å². The van der Waals surface area contributed by atoms with E-state index in [1.165, 1.54) is 19.0 Å².